The Morgan fingerprint density at radius 3 is 2.25 bits per heavy atom. The third kappa shape index (κ3) is 3.60. The molecule has 2 rings (SSSR count). The van der Waals surface area contributed by atoms with E-state index in [9.17, 15) is 5.11 Å². The van der Waals surface area contributed by atoms with Gasteiger partial charge >= 0.3 is 0 Å². The van der Waals surface area contributed by atoms with Crippen molar-refractivity contribution in [3.8, 4) is 0 Å². The second-order valence-electron chi connectivity index (χ2n) is 6.21. The van der Waals surface area contributed by atoms with Crippen molar-refractivity contribution in [3.63, 3.8) is 0 Å². The van der Waals surface area contributed by atoms with E-state index in [1.165, 1.54) is 12.0 Å². The highest BCUT2D eigenvalue weighted by Crippen LogP contribution is 2.34. The van der Waals surface area contributed by atoms with Gasteiger partial charge in [0, 0.05) is 20.2 Å². The van der Waals surface area contributed by atoms with Crippen molar-refractivity contribution in [2.75, 3.05) is 20.2 Å². The fraction of sp³-hybridized carbons (Fsp3) is 0.647. The number of hydrogen-bond acceptors (Lipinski definition) is 3. The molecule has 3 nitrogen and oxygen atoms in total. The Morgan fingerprint density at radius 2 is 1.80 bits per heavy atom. The lowest BCUT2D eigenvalue weighted by Gasteiger charge is -2.40. The van der Waals surface area contributed by atoms with Crippen molar-refractivity contribution in [2.24, 2.45) is 0 Å². The molecule has 0 saturated heterocycles. The summed E-state index contributed by atoms with van der Waals surface area (Å²) in [6.45, 7) is 5.75. The molecule has 0 bridgehead atoms. The van der Waals surface area contributed by atoms with E-state index in [1.54, 1.807) is 7.11 Å². The van der Waals surface area contributed by atoms with E-state index in [1.807, 2.05) is 12.1 Å². The average Bonchev–Trinajstić information content (AvgIpc) is 2.41. The van der Waals surface area contributed by atoms with Crippen LogP contribution in [0, 0.1) is 0 Å². The Hall–Kier alpha value is -0.900. The van der Waals surface area contributed by atoms with Gasteiger partial charge in [0.15, 0.2) is 0 Å². The second-order valence-corrected chi connectivity index (χ2v) is 6.21. The normalized spacial score (nSPS) is 18.9. The number of nitrogens with one attached hydrogen (secondary N) is 1. The fourth-order valence-corrected chi connectivity index (χ4v) is 2.68. The van der Waals surface area contributed by atoms with Crippen molar-refractivity contribution in [1.82, 2.24) is 5.32 Å². The van der Waals surface area contributed by atoms with Crippen LogP contribution in [0.15, 0.2) is 24.3 Å². The molecule has 0 amide bonds. The van der Waals surface area contributed by atoms with Crippen molar-refractivity contribution < 1.29 is 9.84 Å². The molecule has 0 spiro atoms. The molecule has 3 heteroatoms. The number of rotatable bonds is 7. The van der Waals surface area contributed by atoms with Crippen LogP contribution in [0.2, 0.25) is 0 Å². The molecule has 1 saturated carbocycles. The minimum Gasteiger partial charge on any atom is -0.387 e. The standard InChI is InChI=1S/C17H27NO2/c1-13(2)14-5-7-15(8-6-14)16(19)11-18-12-17(20-3)9-4-10-17/h5-8,13,16,18-19H,4,9-12H2,1-3H3. The van der Waals surface area contributed by atoms with Crippen LogP contribution in [-0.2, 0) is 4.74 Å². The fourth-order valence-electron chi connectivity index (χ4n) is 2.68. The third-order valence-electron chi connectivity index (χ3n) is 4.47. The Labute approximate surface area is 122 Å². The lowest BCUT2D eigenvalue weighted by atomic mass is 9.80. The summed E-state index contributed by atoms with van der Waals surface area (Å²) in [6, 6.07) is 8.26. The molecule has 1 aromatic rings. The maximum Gasteiger partial charge on any atom is 0.0914 e. The van der Waals surface area contributed by atoms with E-state index in [4.69, 9.17) is 4.74 Å². The first-order valence-corrected chi connectivity index (χ1v) is 7.60. The maximum absolute atomic E-state index is 10.2. The van der Waals surface area contributed by atoms with Gasteiger partial charge in [0.1, 0.15) is 0 Å². The van der Waals surface area contributed by atoms with Gasteiger partial charge in [-0.3, -0.25) is 0 Å². The number of aliphatic hydroxyl groups excluding tert-OH is 1. The van der Waals surface area contributed by atoms with Gasteiger partial charge in [0.25, 0.3) is 0 Å². The van der Waals surface area contributed by atoms with Crippen molar-refractivity contribution in [1.29, 1.82) is 0 Å². The highest BCUT2D eigenvalue weighted by molar-refractivity contribution is 5.26. The second kappa shape index (κ2) is 6.70. The summed E-state index contributed by atoms with van der Waals surface area (Å²) in [7, 11) is 1.78. The van der Waals surface area contributed by atoms with Gasteiger partial charge in [0.2, 0.25) is 0 Å². The summed E-state index contributed by atoms with van der Waals surface area (Å²) < 4.78 is 5.56. The van der Waals surface area contributed by atoms with E-state index in [-0.39, 0.29) is 5.60 Å². The van der Waals surface area contributed by atoms with E-state index >= 15 is 0 Å². The largest absolute Gasteiger partial charge is 0.387 e. The summed E-state index contributed by atoms with van der Waals surface area (Å²) in [5.74, 6) is 0.527. The minimum absolute atomic E-state index is 0.0151. The average molecular weight is 277 g/mol. The zero-order valence-electron chi connectivity index (χ0n) is 12.9. The Bertz CT molecular complexity index is 404. The van der Waals surface area contributed by atoms with Gasteiger partial charge < -0.3 is 15.2 Å². The molecule has 112 valence electrons. The molecular weight excluding hydrogens is 250 g/mol. The topological polar surface area (TPSA) is 41.5 Å². The number of aliphatic hydroxyl groups is 1. The molecule has 1 aromatic carbocycles. The van der Waals surface area contributed by atoms with Crippen LogP contribution in [0.5, 0.6) is 0 Å². The molecule has 1 unspecified atom stereocenters. The smallest absolute Gasteiger partial charge is 0.0914 e. The Kier molecular flexibility index (Phi) is 5.19. The van der Waals surface area contributed by atoms with Crippen LogP contribution in [0.1, 0.15) is 56.3 Å². The quantitative estimate of drug-likeness (QED) is 0.805. The molecule has 0 aromatic heterocycles. The molecule has 2 N–H and O–H groups in total. The first-order chi connectivity index (χ1) is 9.56. The van der Waals surface area contributed by atoms with E-state index in [0.717, 1.165) is 24.9 Å². The summed E-state index contributed by atoms with van der Waals surface area (Å²) in [5.41, 5.74) is 2.30. The zero-order valence-corrected chi connectivity index (χ0v) is 12.9. The summed E-state index contributed by atoms with van der Waals surface area (Å²) in [6.07, 6.45) is 3.03. The van der Waals surface area contributed by atoms with Crippen molar-refractivity contribution in [3.05, 3.63) is 35.4 Å². The first-order valence-electron chi connectivity index (χ1n) is 7.60. The van der Waals surface area contributed by atoms with Crippen LogP contribution >= 0.6 is 0 Å². The predicted molar refractivity (Wildman–Crippen MR) is 82.0 cm³/mol. The van der Waals surface area contributed by atoms with Gasteiger partial charge in [-0.25, -0.2) is 0 Å². The van der Waals surface area contributed by atoms with E-state index in [0.29, 0.717) is 12.5 Å². The van der Waals surface area contributed by atoms with Crippen LogP contribution in [-0.4, -0.2) is 30.9 Å². The molecule has 1 aliphatic rings. The molecular formula is C17H27NO2. The lowest BCUT2D eigenvalue weighted by Crippen LogP contribution is -2.48. The lowest BCUT2D eigenvalue weighted by molar-refractivity contribution is -0.0703. The van der Waals surface area contributed by atoms with E-state index < -0.39 is 6.10 Å². The van der Waals surface area contributed by atoms with Crippen LogP contribution in [0.3, 0.4) is 0 Å². The first kappa shape index (κ1) is 15.5. The predicted octanol–water partition coefficient (Wildman–Crippen LogP) is 3.00. The van der Waals surface area contributed by atoms with Gasteiger partial charge in [-0.15, -0.1) is 0 Å². The number of methoxy groups -OCH3 is 1. The zero-order chi connectivity index (χ0) is 14.6. The van der Waals surface area contributed by atoms with Crippen LogP contribution < -0.4 is 5.32 Å². The van der Waals surface area contributed by atoms with Crippen LogP contribution in [0.25, 0.3) is 0 Å². The molecule has 0 radical (unpaired) electrons. The van der Waals surface area contributed by atoms with E-state index in [2.05, 4.69) is 31.3 Å². The molecule has 0 aliphatic heterocycles. The molecule has 1 aliphatic carbocycles. The minimum atomic E-state index is -0.454. The number of benzene rings is 1. The maximum atomic E-state index is 10.2. The highest BCUT2D eigenvalue weighted by atomic mass is 16.5. The van der Waals surface area contributed by atoms with Gasteiger partial charge in [-0.2, -0.15) is 0 Å². The van der Waals surface area contributed by atoms with Gasteiger partial charge in [0.05, 0.1) is 11.7 Å². The molecule has 20 heavy (non-hydrogen) atoms. The number of ether oxygens (including phenoxy) is 1. The Balaban J connectivity index is 1.80. The summed E-state index contributed by atoms with van der Waals surface area (Å²) in [5, 5.41) is 13.5. The number of hydrogen-bond donors (Lipinski definition) is 2. The van der Waals surface area contributed by atoms with Crippen molar-refractivity contribution >= 4 is 0 Å². The highest BCUT2D eigenvalue weighted by Gasteiger charge is 2.36. The monoisotopic (exact) mass is 277 g/mol. The van der Waals surface area contributed by atoms with Gasteiger partial charge in [-0.1, -0.05) is 38.1 Å². The summed E-state index contributed by atoms with van der Waals surface area (Å²) in [4.78, 5) is 0. The Morgan fingerprint density at radius 1 is 1.20 bits per heavy atom. The summed E-state index contributed by atoms with van der Waals surface area (Å²) >= 11 is 0. The third-order valence-corrected chi connectivity index (χ3v) is 4.47. The molecule has 0 heterocycles. The van der Waals surface area contributed by atoms with Crippen molar-refractivity contribution in [2.45, 2.75) is 50.7 Å². The van der Waals surface area contributed by atoms with Gasteiger partial charge in [-0.05, 0) is 36.3 Å². The van der Waals surface area contributed by atoms with Crippen LogP contribution in [0.4, 0.5) is 0 Å². The molecule has 1 fully saturated rings. The molecule has 1 atom stereocenters. The SMILES string of the molecule is COC1(CNCC(O)c2ccc(C(C)C)cc2)CCC1.